The standard InChI is InChI=1S/C11H23N/c1-9(2)11-6-5-10(3)7-8-12(11)4/h9-11H,5-8H2,1-4H3/t10-,11+/m1/s1. The predicted octanol–water partition coefficient (Wildman–Crippen LogP) is 2.76. The van der Waals surface area contributed by atoms with Gasteiger partial charge < -0.3 is 4.90 Å². The molecule has 2 atom stereocenters. The average molecular weight is 169 g/mol. The van der Waals surface area contributed by atoms with Crippen LogP contribution in [0.5, 0.6) is 0 Å². The molecule has 1 rings (SSSR count). The maximum absolute atomic E-state index is 2.55. The topological polar surface area (TPSA) is 3.24 Å². The van der Waals surface area contributed by atoms with E-state index in [2.05, 4.69) is 32.7 Å². The van der Waals surface area contributed by atoms with Gasteiger partial charge in [-0.25, -0.2) is 0 Å². The molecule has 0 unspecified atom stereocenters. The van der Waals surface area contributed by atoms with Crippen LogP contribution in [0.3, 0.4) is 0 Å². The molecule has 0 aliphatic carbocycles. The van der Waals surface area contributed by atoms with E-state index in [1.54, 1.807) is 0 Å². The van der Waals surface area contributed by atoms with Crippen LogP contribution in [0.4, 0.5) is 0 Å². The van der Waals surface area contributed by atoms with E-state index in [1.165, 1.54) is 25.8 Å². The first-order valence-electron chi connectivity index (χ1n) is 5.31. The Bertz CT molecular complexity index is 131. The highest BCUT2D eigenvalue weighted by Gasteiger charge is 2.22. The van der Waals surface area contributed by atoms with Crippen molar-refractivity contribution < 1.29 is 0 Å². The van der Waals surface area contributed by atoms with Gasteiger partial charge in [-0.1, -0.05) is 20.8 Å². The zero-order valence-corrected chi connectivity index (χ0v) is 9.01. The minimum atomic E-state index is 0.820. The summed E-state index contributed by atoms with van der Waals surface area (Å²) in [5.74, 6) is 1.76. The SMILES string of the molecule is CC(C)[C@@H]1CC[C@@H](C)CCN1C. The van der Waals surface area contributed by atoms with Crippen molar-refractivity contribution in [3.8, 4) is 0 Å². The molecule has 1 saturated heterocycles. The van der Waals surface area contributed by atoms with E-state index in [-0.39, 0.29) is 0 Å². The Morgan fingerprint density at radius 2 is 1.83 bits per heavy atom. The summed E-state index contributed by atoms with van der Waals surface area (Å²) >= 11 is 0. The van der Waals surface area contributed by atoms with E-state index in [1.807, 2.05) is 0 Å². The van der Waals surface area contributed by atoms with Crippen molar-refractivity contribution in [1.82, 2.24) is 4.90 Å². The van der Waals surface area contributed by atoms with Gasteiger partial charge in [0.2, 0.25) is 0 Å². The fourth-order valence-electron chi connectivity index (χ4n) is 2.25. The van der Waals surface area contributed by atoms with Gasteiger partial charge in [0.15, 0.2) is 0 Å². The summed E-state index contributed by atoms with van der Waals surface area (Å²) in [5, 5.41) is 0. The summed E-state index contributed by atoms with van der Waals surface area (Å²) in [6.07, 6.45) is 4.21. The molecule has 1 fully saturated rings. The van der Waals surface area contributed by atoms with Crippen molar-refractivity contribution in [1.29, 1.82) is 0 Å². The largest absolute Gasteiger partial charge is 0.303 e. The molecule has 0 amide bonds. The fourth-order valence-corrected chi connectivity index (χ4v) is 2.25. The number of nitrogens with zero attached hydrogens (tertiary/aromatic N) is 1. The molecule has 0 N–H and O–H groups in total. The third-order valence-corrected chi connectivity index (χ3v) is 3.27. The fraction of sp³-hybridized carbons (Fsp3) is 1.00. The molecule has 1 nitrogen and oxygen atoms in total. The van der Waals surface area contributed by atoms with Gasteiger partial charge in [0.25, 0.3) is 0 Å². The molecular weight excluding hydrogens is 146 g/mol. The third-order valence-electron chi connectivity index (χ3n) is 3.27. The van der Waals surface area contributed by atoms with Crippen LogP contribution >= 0.6 is 0 Å². The molecule has 0 aromatic heterocycles. The van der Waals surface area contributed by atoms with E-state index in [0.29, 0.717) is 0 Å². The maximum Gasteiger partial charge on any atom is 0.0115 e. The van der Waals surface area contributed by atoms with Crippen molar-refractivity contribution in [3.63, 3.8) is 0 Å². The lowest BCUT2D eigenvalue weighted by molar-refractivity contribution is 0.195. The van der Waals surface area contributed by atoms with Crippen LogP contribution in [0, 0.1) is 11.8 Å². The van der Waals surface area contributed by atoms with E-state index in [9.17, 15) is 0 Å². The molecule has 12 heavy (non-hydrogen) atoms. The number of rotatable bonds is 1. The molecule has 0 radical (unpaired) electrons. The summed E-state index contributed by atoms with van der Waals surface area (Å²) in [5.41, 5.74) is 0. The first-order valence-corrected chi connectivity index (χ1v) is 5.31. The third kappa shape index (κ3) is 2.48. The minimum Gasteiger partial charge on any atom is -0.303 e. The zero-order chi connectivity index (χ0) is 9.14. The Morgan fingerprint density at radius 1 is 1.17 bits per heavy atom. The summed E-state index contributed by atoms with van der Waals surface area (Å²) in [6.45, 7) is 8.37. The van der Waals surface area contributed by atoms with Crippen molar-refractivity contribution in [2.75, 3.05) is 13.6 Å². The van der Waals surface area contributed by atoms with Crippen LogP contribution in [0.15, 0.2) is 0 Å². The van der Waals surface area contributed by atoms with Crippen LogP contribution in [-0.4, -0.2) is 24.5 Å². The molecule has 1 heteroatoms. The molecule has 0 spiro atoms. The van der Waals surface area contributed by atoms with Gasteiger partial charge in [0.1, 0.15) is 0 Å². The highest BCUT2D eigenvalue weighted by Crippen LogP contribution is 2.24. The van der Waals surface area contributed by atoms with Gasteiger partial charge in [-0.05, 0) is 44.7 Å². The van der Waals surface area contributed by atoms with Gasteiger partial charge in [-0.15, -0.1) is 0 Å². The van der Waals surface area contributed by atoms with Crippen LogP contribution in [0.2, 0.25) is 0 Å². The van der Waals surface area contributed by atoms with Gasteiger partial charge in [0, 0.05) is 6.04 Å². The summed E-state index contributed by atoms with van der Waals surface area (Å²) in [6, 6.07) is 0.829. The average Bonchev–Trinajstić information content (AvgIpc) is 2.14. The lowest BCUT2D eigenvalue weighted by Crippen LogP contribution is -2.35. The quantitative estimate of drug-likeness (QED) is 0.583. The van der Waals surface area contributed by atoms with Gasteiger partial charge >= 0.3 is 0 Å². The normalized spacial score (nSPS) is 33.8. The van der Waals surface area contributed by atoms with E-state index in [4.69, 9.17) is 0 Å². The highest BCUT2D eigenvalue weighted by molar-refractivity contribution is 4.77. The molecule has 1 aliphatic heterocycles. The predicted molar refractivity (Wildman–Crippen MR) is 54.3 cm³/mol. The number of hydrogen-bond acceptors (Lipinski definition) is 1. The first-order chi connectivity index (χ1) is 5.61. The Hall–Kier alpha value is -0.0400. The van der Waals surface area contributed by atoms with E-state index < -0.39 is 0 Å². The Morgan fingerprint density at radius 3 is 2.42 bits per heavy atom. The molecule has 0 saturated carbocycles. The second-order valence-electron chi connectivity index (χ2n) is 4.76. The Labute approximate surface area is 77.1 Å². The molecule has 0 bridgehead atoms. The van der Waals surface area contributed by atoms with Crippen molar-refractivity contribution in [2.24, 2.45) is 11.8 Å². The van der Waals surface area contributed by atoms with Crippen molar-refractivity contribution >= 4 is 0 Å². The van der Waals surface area contributed by atoms with Crippen molar-refractivity contribution in [3.05, 3.63) is 0 Å². The van der Waals surface area contributed by atoms with Crippen LogP contribution < -0.4 is 0 Å². The van der Waals surface area contributed by atoms with Crippen LogP contribution in [0.1, 0.15) is 40.0 Å². The molecule has 72 valence electrons. The Balaban J connectivity index is 2.50. The lowest BCUT2D eigenvalue weighted by atomic mass is 9.96. The van der Waals surface area contributed by atoms with E-state index >= 15 is 0 Å². The monoisotopic (exact) mass is 169 g/mol. The van der Waals surface area contributed by atoms with E-state index in [0.717, 1.165) is 17.9 Å². The summed E-state index contributed by atoms with van der Waals surface area (Å²) in [4.78, 5) is 2.55. The molecule has 1 heterocycles. The second-order valence-corrected chi connectivity index (χ2v) is 4.76. The number of hydrogen-bond donors (Lipinski definition) is 0. The lowest BCUT2D eigenvalue weighted by Gasteiger charge is -2.28. The molecule has 0 aromatic carbocycles. The second kappa shape index (κ2) is 4.27. The van der Waals surface area contributed by atoms with Crippen LogP contribution in [0.25, 0.3) is 0 Å². The van der Waals surface area contributed by atoms with Crippen molar-refractivity contribution in [2.45, 2.75) is 46.1 Å². The Kier molecular flexibility index (Phi) is 3.57. The maximum atomic E-state index is 2.55. The molecule has 1 aliphatic rings. The number of likely N-dealkylation sites (tertiary alicyclic amines) is 1. The summed E-state index contributed by atoms with van der Waals surface area (Å²) in [7, 11) is 2.28. The smallest absolute Gasteiger partial charge is 0.0115 e. The highest BCUT2D eigenvalue weighted by atomic mass is 15.1. The molecular formula is C11H23N. The minimum absolute atomic E-state index is 0.820. The van der Waals surface area contributed by atoms with Gasteiger partial charge in [0.05, 0.1) is 0 Å². The van der Waals surface area contributed by atoms with Gasteiger partial charge in [-0.2, -0.15) is 0 Å². The first kappa shape index (κ1) is 10.0. The summed E-state index contributed by atoms with van der Waals surface area (Å²) < 4.78 is 0. The molecule has 0 aromatic rings. The van der Waals surface area contributed by atoms with Crippen LogP contribution in [-0.2, 0) is 0 Å². The van der Waals surface area contributed by atoms with Gasteiger partial charge in [-0.3, -0.25) is 0 Å². The zero-order valence-electron chi connectivity index (χ0n) is 9.01.